The van der Waals surface area contributed by atoms with Crippen LogP contribution in [0.15, 0.2) is 0 Å². The van der Waals surface area contributed by atoms with Crippen molar-refractivity contribution in [2.45, 2.75) is 58.3 Å². The standard InChI is InChI=1S/C31H64O11/c1-3-4-5-6-7-8-9-10-11-33-14-15-35-18-19-37-22-23-39-26-27-41-30-31-42-29-28-40-25-24-38-21-20-36-17-16-34-13-12-32-2/h3-31H2,1-2H3. The van der Waals surface area contributed by atoms with E-state index in [1.807, 2.05) is 0 Å². The molecule has 0 saturated carbocycles. The Labute approximate surface area is 256 Å². The van der Waals surface area contributed by atoms with Crippen molar-refractivity contribution in [3.8, 4) is 0 Å². The lowest BCUT2D eigenvalue weighted by Crippen LogP contribution is -2.15. The summed E-state index contributed by atoms with van der Waals surface area (Å²) in [6, 6.07) is 0. The van der Waals surface area contributed by atoms with E-state index in [0.717, 1.165) is 13.0 Å². The molecule has 0 rings (SSSR count). The zero-order valence-electron chi connectivity index (χ0n) is 27.0. The lowest BCUT2D eigenvalue weighted by atomic mass is 10.1. The zero-order chi connectivity index (χ0) is 30.3. The van der Waals surface area contributed by atoms with Crippen molar-refractivity contribution < 1.29 is 52.1 Å². The maximum Gasteiger partial charge on any atom is 0.0701 e. The fourth-order valence-corrected chi connectivity index (χ4v) is 3.56. The topological polar surface area (TPSA) is 102 Å². The third-order valence-corrected chi connectivity index (χ3v) is 5.92. The first kappa shape index (κ1) is 41.6. The smallest absolute Gasteiger partial charge is 0.0701 e. The van der Waals surface area contributed by atoms with E-state index >= 15 is 0 Å². The SMILES string of the molecule is CCCCCCCCCCOCCOCCOCCOCCOCCOCCOCCOCCOCCOCCOC. The van der Waals surface area contributed by atoms with Crippen LogP contribution in [0.4, 0.5) is 0 Å². The van der Waals surface area contributed by atoms with Gasteiger partial charge in [0.1, 0.15) is 0 Å². The molecule has 11 heteroatoms. The number of ether oxygens (including phenoxy) is 11. The minimum atomic E-state index is 0.527. The first-order valence-corrected chi connectivity index (χ1v) is 16.2. The molecule has 0 aromatic rings. The Kier molecular flexibility index (Phi) is 40.1. The Bertz CT molecular complexity index is 421. The van der Waals surface area contributed by atoms with Crippen LogP contribution in [0.5, 0.6) is 0 Å². The highest BCUT2D eigenvalue weighted by Crippen LogP contribution is 2.08. The van der Waals surface area contributed by atoms with E-state index in [0.29, 0.717) is 132 Å². The Hall–Kier alpha value is -0.440. The average molecular weight is 613 g/mol. The maximum absolute atomic E-state index is 5.62. The third kappa shape index (κ3) is 39.6. The summed E-state index contributed by atoms with van der Waals surface area (Å²) in [5.74, 6) is 0. The molecule has 0 aromatic carbocycles. The molecule has 0 aliphatic heterocycles. The van der Waals surface area contributed by atoms with E-state index in [1.165, 1.54) is 44.9 Å². The summed E-state index contributed by atoms with van der Waals surface area (Å²) in [7, 11) is 1.65. The predicted octanol–water partition coefficient (Wildman–Crippen LogP) is 3.94. The third-order valence-electron chi connectivity index (χ3n) is 5.92. The van der Waals surface area contributed by atoms with Gasteiger partial charge in [-0.05, 0) is 6.42 Å². The van der Waals surface area contributed by atoms with Crippen LogP contribution >= 0.6 is 0 Å². The molecule has 0 radical (unpaired) electrons. The van der Waals surface area contributed by atoms with E-state index in [4.69, 9.17) is 52.1 Å². The van der Waals surface area contributed by atoms with Crippen molar-refractivity contribution in [2.75, 3.05) is 146 Å². The van der Waals surface area contributed by atoms with Gasteiger partial charge in [0, 0.05) is 13.7 Å². The molecule has 11 nitrogen and oxygen atoms in total. The van der Waals surface area contributed by atoms with Crippen LogP contribution in [0.25, 0.3) is 0 Å². The summed E-state index contributed by atoms with van der Waals surface area (Å²) < 4.78 is 59.6. The van der Waals surface area contributed by atoms with Crippen LogP contribution in [0.3, 0.4) is 0 Å². The zero-order valence-corrected chi connectivity index (χ0v) is 27.0. The van der Waals surface area contributed by atoms with Crippen LogP contribution in [-0.4, -0.2) is 146 Å². The van der Waals surface area contributed by atoms with Crippen LogP contribution in [0.1, 0.15) is 58.3 Å². The Morgan fingerprint density at radius 2 is 0.452 bits per heavy atom. The molecule has 0 amide bonds. The van der Waals surface area contributed by atoms with Crippen molar-refractivity contribution >= 4 is 0 Å². The summed E-state index contributed by atoms with van der Waals surface area (Å²) in [6.45, 7) is 14.2. The Balaban J connectivity index is 3.02. The van der Waals surface area contributed by atoms with E-state index in [9.17, 15) is 0 Å². The van der Waals surface area contributed by atoms with Gasteiger partial charge >= 0.3 is 0 Å². The van der Waals surface area contributed by atoms with Crippen molar-refractivity contribution in [1.82, 2.24) is 0 Å². The van der Waals surface area contributed by atoms with Crippen molar-refractivity contribution in [3.05, 3.63) is 0 Å². The van der Waals surface area contributed by atoms with Gasteiger partial charge in [-0.25, -0.2) is 0 Å². The first-order valence-electron chi connectivity index (χ1n) is 16.2. The molecule has 0 spiro atoms. The fraction of sp³-hybridized carbons (Fsp3) is 1.00. The second kappa shape index (κ2) is 40.6. The first-order chi connectivity index (χ1) is 20.9. The molecular weight excluding hydrogens is 548 g/mol. The van der Waals surface area contributed by atoms with Crippen LogP contribution < -0.4 is 0 Å². The highest BCUT2D eigenvalue weighted by molar-refractivity contribution is 4.46. The van der Waals surface area contributed by atoms with E-state index in [2.05, 4.69) is 6.92 Å². The van der Waals surface area contributed by atoms with Gasteiger partial charge in [-0.3, -0.25) is 0 Å². The lowest BCUT2D eigenvalue weighted by molar-refractivity contribution is -0.0271. The molecule has 0 saturated heterocycles. The molecular formula is C31H64O11. The van der Waals surface area contributed by atoms with E-state index in [1.54, 1.807) is 7.11 Å². The highest BCUT2D eigenvalue weighted by Gasteiger charge is 1.97. The molecule has 0 unspecified atom stereocenters. The minimum Gasteiger partial charge on any atom is -0.382 e. The second-order valence-electron chi connectivity index (χ2n) is 9.59. The molecule has 0 fully saturated rings. The molecule has 254 valence electrons. The predicted molar refractivity (Wildman–Crippen MR) is 163 cm³/mol. The molecule has 42 heavy (non-hydrogen) atoms. The summed E-state index contributed by atoms with van der Waals surface area (Å²) in [5, 5.41) is 0. The van der Waals surface area contributed by atoms with Gasteiger partial charge in [-0.15, -0.1) is 0 Å². The summed E-state index contributed by atoms with van der Waals surface area (Å²) >= 11 is 0. The van der Waals surface area contributed by atoms with Crippen LogP contribution in [0, 0.1) is 0 Å². The fourth-order valence-electron chi connectivity index (χ4n) is 3.56. The molecule has 0 N–H and O–H groups in total. The molecule has 0 atom stereocenters. The number of unbranched alkanes of at least 4 members (excludes halogenated alkanes) is 7. The van der Waals surface area contributed by atoms with E-state index in [-0.39, 0.29) is 0 Å². The molecule has 0 bridgehead atoms. The quantitative estimate of drug-likeness (QED) is 0.0944. The number of rotatable bonds is 39. The average Bonchev–Trinajstić information content (AvgIpc) is 3.00. The van der Waals surface area contributed by atoms with Crippen molar-refractivity contribution in [2.24, 2.45) is 0 Å². The largest absolute Gasteiger partial charge is 0.382 e. The summed E-state index contributed by atoms with van der Waals surface area (Å²) in [5.41, 5.74) is 0. The van der Waals surface area contributed by atoms with Crippen LogP contribution in [-0.2, 0) is 52.1 Å². The van der Waals surface area contributed by atoms with Gasteiger partial charge in [0.15, 0.2) is 0 Å². The van der Waals surface area contributed by atoms with Crippen LogP contribution in [0.2, 0.25) is 0 Å². The van der Waals surface area contributed by atoms with Gasteiger partial charge in [0.2, 0.25) is 0 Å². The molecule has 0 aliphatic rings. The minimum absolute atomic E-state index is 0.527. The lowest BCUT2D eigenvalue weighted by Gasteiger charge is -2.09. The highest BCUT2D eigenvalue weighted by atomic mass is 16.6. The molecule has 0 aromatic heterocycles. The van der Waals surface area contributed by atoms with Gasteiger partial charge in [-0.2, -0.15) is 0 Å². The number of hydrogen-bond acceptors (Lipinski definition) is 11. The maximum atomic E-state index is 5.62. The van der Waals surface area contributed by atoms with E-state index < -0.39 is 0 Å². The Morgan fingerprint density at radius 3 is 0.714 bits per heavy atom. The Morgan fingerprint density at radius 1 is 0.238 bits per heavy atom. The van der Waals surface area contributed by atoms with Gasteiger partial charge in [-0.1, -0.05) is 51.9 Å². The second-order valence-corrected chi connectivity index (χ2v) is 9.59. The monoisotopic (exact) mass is 612 g/mol. The number of methoxy groups -OCH3 is 1. The van der Waals surface area contributed by atoms with Gasteiger partial charge < -0.3 is 52.1 Å². The summed E-state index contributed by atoms with van der Waals surface area (Å²) in [6.07, 6.45) is 10.6. The van der Waals surface area contributed by atoms with Crippen molar-refractivity contribution in [1.29, 1.82) is 0 Å². The normalized spacial score (nSPS) is 11.6. The van der Waals surface area contributed by atoms with Gasteiger partial charge in [0.25, 0.3) is 0 Å². The van der Waals surface area contributed by atoms with Gasteiger partial charge in [0.05, 0.1) is 132 Å². The molecule has 0 aliphatic carbocycles. The number of hydrogen-bond donors (Lipinski definition) is 0. The molecule has 0 heterocycles. The summed E-state index contributed by atoms with van der Waals surface area (Å²) in [4.78, 5) is 0. The van der Waals surface area contributed by atoms with Crippen molar-refractivity contribution in [3.63, 3.8) is 0 Å².